The molecular formula is C10H18ClF3N2OS. The maximum atomic E-state index is 11.8. The van der Waals surface area contributed by atoms with E-state index in [2.05, 4.69) is 5.32 Å². The maximum absolute atomic E-state index is 11.8. The van der Waals surface area contributed by atoms with E-state index >= 15 is 0 Å². The van der Waals surface area contributed by atoms with Gasteiger partial charge in [-0.15, -0.1) is 12.4 Å². The number of amides is 1. The van der Waals surface area contributed by atoms with Crippen molar-refractivity contribution in [2.45, 2.75) is 43.2 Å². The van der Waals surface area contributed by atoms with E-state index < -0.39 is 11.0 Å². The number of thioether (sulfide) groups is 1. The third kappa shape index (κ3) is 6.15. The fourth-order valence-corrected chi connectivity index (χ4v) is 2.35. The van der Waals surface area contributed by atoms with Crippen LogP contribution in [0.5, 0.6) is 0 Å². The van der Waals surface area contributed by atoms with Crippen LogP contribution < -0.4 is 11.1 Å². The van der Waals surface area contributed by atoms with Gasteiger partial charge in [0.1, 0.15) is 0 Å². The summed E-state index contributed by atoms with van der Waals surface area (Å²) >= 11 is -0.134. The van der Waals surface area contributed by atoms with Crippen LogP contribution in [0.4, 0.5) is 13.2 Å². The molecule has 8 heteroatoms. The van der Waals surface area contributed by atoms with E-state index in [9.17, 15) is 18.0 Å². The summed E-state index contributed by atoms with van der Waals surface area (Å²) in [6.45, 7) is 0.00194. The molecule has 1 aliphatic rings. The van der Waals surface area contributed by atoms with Crippen LogP contribution in [0.15, 0.2) is 0 Å². The van der Waals surface area contributed by atoms with Crippen LogP contribution in [0.25, 0.3) is 0 Å². The Morgan fingerprint density at radius 2 is 1.83 bits per heavy atom. The Hall–Kier alpha value is -0.140. The van der Waals surface area contributed by atoms with Crippen molar-refractivity contribution >= 4 is 30.1 Å². The molecule has 1 saturated carbocycles. The highest BCUT2D eigenvalue weighted by Gasteiger charge is 2.35. The number of nitrogens with two attached hydrogens (primary N) is 1. The van der Waals surface area contributed by atoms with E-state index in [-0.39, 0.29) is 42.4 Å². The first-order valence-corrected chi connectivity index (χ1v) is 6.60. The van der Waals surface area contributed by atoms with Crippen molar-refractivity contribution in [3.63, 3.8) is 0 Å². The molecule has 0 unspecified atom stereocenters. The summed E-state index contributed by atoms with van der Waals surface area (Å²) in [4.78, 5) is 11.7. The zero-order valence-electron chi connectivity index (χ0n) is 9.89. The van der Waals surface area contributed by atoms with Crippen molar-refractivity contribution in [2.24, 2.45) is 5.73 Å². The van der Waals surface area contributed by atoms with E-state index in [4.69, 9.17) is 5.73 Å². The topological polar surface area (TPSA) is 55.1 Å². The van der Waals surface area contributed by atoms with Crippen molar-refractivity contribution < 1.29 is 18.0 Å². The molecule has 1 fully saturated rings. The molecule has 0 spiro atoms. The smallest absolute Gasteiger partial charge is 0.354 e. The fourth-order valence-electron chi connectivity index (χ4n) is 1.92. The van der Waals surface area contributed by atoms with Gasteiger partial charge in [0.15, 0.2) is 0 Å². The molecule has 0 bridgehead atoms. The normalized spacial score (nSPS) is 18.9. The molecule has 1 rings (SSSR count). The van der Waals surface area contributed by atoms with Gasteiger partial charge >= 0.3 is 5.51 Å². The van der Waals surface area contributed by atoms with Gasteiger partial charge in [-0.25, -0.2) is 0 Å². The number of carbonyl (C=O) groups excluding carboxylic acids is 1. The molecule has 3 N–H and O–H groups in total. The fraction of sp³-hybridized carbons (Fsp3) is 0.900. The van der Waals surface area contributed by atoms with Gasteiger partial charge in [0.05, 0.1) is 5.54 Å². The number of carbonyl (C=O) groups is 1. The van der Waals surface area contributed by atoms with Gasteiger partial charge in [-0.2, -0.15) is 13.2 Å². The van der Waals surface area contributed by atoms with E-state index in [1.165, 1.54) is 0 Å². The third-order valence-electron chi connectivity index (χ3n) is 2.85. The number of halogens is 4. The molecule has 0 heterocycles. The molecule has 0 atom stereocenters. The number of nitrogens with one attached hydrogen (secondary N) is 1. The van der Waals surface area contributed by atoms with Crippen LogP contribution in [-0.4, -0.2) is 29.3 Å². The molecule has 18 heavy (non-hydrogen) atoms. The molecular weight excluding hydrogens is 289 g/mol. The summed E-state index contributed by atoms with van der Waals surface area (Å²) in [7, 11) is 0. The Balaban J connectivity index is 0.00000289. The van der Waals surface area contributed by atoms with Gasteiger partial charge in [0.2, 0.25) is 5.91 Å². The Labute approximate surface area is 115 Å². The van der Waals surface area contributed by atoms with Gasteiger partial charge in [-0.3, -0.25) is 4.79 Å². The van der Waals surface area contributed by atoms with Gasteiger partial charge in [0, 0.05) is 12.3 Å². The summed E-state index contributed by atoms with van der Waals surface area (Å²) in [5.41, 5.74) is 0.816. The quantitative estimate of drug-likeness (QED) is 0.784. The average Bonchev–Trinajstić information content (AvgIpc) is 2.24. The molecule has 0 aliphatic heterocycles. The molecule has 0 aromatic heterocycles. The zero-order chi connectivity index (χ0) is 12.9. The first-order chi connectivity index (χ1) is 7.83. The first kappa shape index (κ1) is 17.9. The van der Waals surface area contributed by atoms with Crippen molar-refractivity contribution in [1.29, 1.82) is 0 Å². The van der Waals surface area contributed by atoms with Crippen molar-refractivity contribution in [3.8, 4) is 0 Å². The van der Waals surface area contributed by atoms with Crippen molar-refractivity contribution in [3.05, 3.63) is 0 Å². The van der Waals surface area contributed by atoms with Crippen LogP contribution in [0.1, 0.15) is 32.1 Å². The van der Waals surface area contributed by atoms with Crippen LogP contribution in [0.3, 0.4) is 0 Å². The largest absolute Gasteiger partial charge is 0.441 e. The predicted molar refractivity (Wildman–Crippen MR) is 68.8 cm³/mol. The number of hydrogen-bond donors (Lipinski definition) is 2. The lowest BCUT2D eigenvalue weighted by molar-refractivity contribution is -0.127. The lowest BCUT2D eigenvalue weighted by atomic mass is 9.82. The highest BCUT2D eigenvalue weighted by molar-refractivity contribution is 8.00. The molecule has 0 saturated heterocycles. The van der Waals surface area contributed by atoms with Gasteiger partial charge in [-0.1, -0.05) is 19.3 Å². The molecule has 3 nitrogen and oxygen atoms in total. The Bertz CT molecular complexity index is 270. The van der Waals surface area contributed by atoms with Crippen LogP contribution in [0.2, 0.25) is 0 Å². The van der Waals surface area contributed by atoms with E-state index in [0.29, 0.717) is 12.8 Å². The van der Waals surface area contributed by atoms with Crippen LogP contribution in [0, 0.1) is 0 Å². The van der Waals surface area contributed by atoms with Crippen molar-refractivity contribution in [2.75, 3.05) is 12.3 Å². The first-order valence-electron chi connectivity index (χ1n) is 5.61. The van der Waals surface area contributed by atoms with Crippen LogP contribution in [-0.2, 0) is 4.79 Å². The minimum atomic E-state index is -4.24. The Morgan fingerprint density at radius 3 is 2.33 bits per heavy atom. The van der Waals surface area contributed by atoms with Crippen LogP contribution >= 0.6 is 24.2 Å². The van der Waals surface area contributed by atoms with Gasteiger partial charge in [-0.05, 0) is 24.6 Å². The summed E-state index contributed by atoms with van der Waals surface area (Å²) < 4.78 is 35.5. The number of alkyl halides is 3. The summed E-state index contributed by atoms with van der Waals surface area (Å²) in [6, 6.07) is 0. The summed E-state index contributed by atoms with van der Waals surface area (Å²) in [6.07, 6.45) is 4.11. The minimum absolute atomic E-state index is 0. The zero-order valence-corrected chi connectivity index (χ0v) is 11.5. The third-order valence-corrected chi connectivity index (χ3v) is 3.59. The molecule has 1 amide bonds. The second-order valence-corrected chi connectivity index (χ2v) is 5.43. The predicted octanol–water partition coefficient (Wildman–Crippen LogP) is 2.44. The molecule has 0 radical (unpaired) electrons. The van der Waals surface area contributed by atoms with Crippen molar-refractivity contribution in [1.82, 2.24) is 5.32 Å². The maximum Gasteiger partial charge on any atom is 0.441 e. The Morgan fingerprint density at radius 1 is 1.28 bits per heavy atom. The summed E-state index contributed by atoms with van der Waals surface area (Å²) in [5, 5.41) is 2.48. The molecule has 1 aliphatic carbocycles. The molecule has 0 aromatic carbocycles. The van der Waals surface area contributed by atoms with Gasteiger partial charge in [0.25, 0.3) is 0 Å². The second-order valence-electron chi connectivity index (χ2n) is 4.27. The SMILES string of the molecule is Cl.NC1(C(=O)NCCSC(F)(F)F)CCCCC1. The minimum Gasteiger partial charge on any atom is -0.354 e. The average molecular weight is 307 g/mol. The van der Waals surface area contributed by atoms with E-state index in [1.807, 2.05) is 0 Å². The number of hydrogen-bond acceptors (Lipinski definition) is 3. The van der Waals surface area contributed by atoms with Gasteiger partial charge < -0.3 is 11.1 Å². The van der Waals surface area contributed by atoms with E-state index in [1.54, 1.807) is 0 Å². The highest BCUT2D eigenvalue weighted by atomic mass is 35.5. The highest BCUT2D eigenvalue weighted by Crippen LogP contribution is 2.29. The lowest BCUT2D eigenvalue weighted by Gasteiger charge is -2.31. The standard InChI is InChI=1S/C10H17F3N2OS.ClH/c11-10(12,13)17-7-6-15-8(16)9(14)4-2-1-3-5-9;/h1-7,14H2,(H,15,16);1H. The molecule has 0 aromatic rings. The van der Waals surface area contributed by atoms with E-state index in [0.717, 1.165) is 19.3 Å². The molecule has 108 valence electrons. The lowest BCUT2D eigenvalue weighted by Crippen LogP contribution is -2.55. The second kappa shape index (κ2) is 7.45. The monoisotopic (exact) mass is 306 g/mol. The number of rotatable bonds is 4. The Kier molecular flexibility index (Phi) is 7.39. The summed E-state index contributed by atoms with van der Waals surface area (Å²) in [5.74, 6) is -0.495.